The SMILES string of the molecule is CCC(C=N)C(=O)OC(=O)[C@@H](C)CBr.[H-].[Na+]. The normalized spacial score (nSPS) is 13.3. The Morgan fingerprint density at radius 1 is 1.53 bits per heavy atom. The molecule has 6 heteroatoms. The van der Waals surface area contributed by atoms with Crippen molar-refractivity contribution in [3.63, 3.8) is 0 Å². The van der Waals surface area contributed by atoms with Crippen molar-refractivity contribution in [2.45, 2.75) is 20.3 Å². The molecule has 0 aromatic heterocycles. The second-order valence-corrected chi connectivity index (χ2v) is 3.62. The summed E-state index contributed by atoms with van der Waals surface area (Å²) < 4.78 is 4.59. The van der Waals surface area contributed by atoms with Crippen molar-refractivity contribution in [3.8, 4) is 0 Å². The molecule has 0 bridgehead atoms. The molecule has 0 aromatic rings. The van der Waals surface area contributed by atoms with Crippen LogP contribution in [0.4, 0.5) is 0 Å². The van der Waals surface area contributed by atoms with Crippen molar-refractivity contribution in [1.29, 1.82) is 5.41 Å². The van der Waals surface area contributed by atoms with Gasteiger partial charge in [-0.25, -0.2) is 0 Å². The molecular weight excluding hydrogens is 273 g/mol. The number of esters is 2. The minimum absolute atomic E-state index is 0. The Morgan fingerprint density at radius 2 is 2.07 bits per heavy atom. The van der Waals surface area contributed by atoms with E-state index in [4.69, 9.17) is 5.41 Å². The molecule has 0 aliphatic heterocycles. The van der Waals surface area contributed by atoms with Gasteiger partial charge in [0, 0.05) is 11.5 Å². The number of ether oxygens (including phenoxy) is 1. The molecule has 0 amide bonds. The number of hydrogen-bond acceptors (Lipinski definition) is 4. The van der Waals surface area contributed by atoms with Crippen molar-refractivity contribution in [1.82, 2.24) is 0 Å². The molecule has 0 saturated heterocycles. The standard InChI is InChI=1S/C9H14BrNO3.Na.H/c1-3-7(5-11)9(13)14-8(12)6(2)4-10;;/h5-7,11H,3-4H2,1-2H3;;/q;+1;-1/t6-,7?;;/m0../s1. The number of hydrogen-bond donors (Lipinski definition) is 1. The van der Waals surface area contributed by atoms with E-state index in [0.29, 0.717) is 11.8 Å². The number of halogens is 1. The minimum atomic E-state index is -0.639. The third-order valence-corrected chi connectivity index (χ3v) is 2.75. The Labute approximate surface area is 122 Å². The van der Waals surface area contributed by atoms with Gasteiger partial charge in [0.05, 0.1) is 11.8 Å². The van der Waals surface area contributed by atoms with Crippen LogP contribution in [0.2, 0.25) is 0 Å². The third kappa shape index (κ3) is 6.45. The Kier molecular flexibility index (Phi) is 11.2. The molecule has 0 heterocycles. The molecule has 15 heavy (non-hydrogen) atoms. The molecule has 0 aliphatic carbocycles. The second-order valence-electron chi connectivity index (χ2n) is 2.98. The molecule has 2 atom stereocenters. The molecular formula is C9H15BrNNaO3. The molecule has 0 fully saturated rings. The fourth-order valence-corrected chi connectivity index (χ4v) is 0.955. The number of rotatable bonds is 5. The van der Waals surface area contributed by atoms with Crippen molar-refractivity contribution in [2.75, 3.05) is 5.33 Å². The molecule has 1 unspecified atom stereocenters. The summed E-state index contributed by atoms with van der Waals surface area (Å²) in [6.07, 6.45) is 1.46. The molecule has 0 rings (SSSR count). The van der Waals surface area contributed by atoms with E-state index >= 15 is 0 Å². The number of alkyl halides is 1. The van der Waals surface area contributed by atoms with Crippen molar-refractivity contribution < 1.29 is 45.3 Å². The first-order valence-electron chi connectivity index (χ1n) is 4.38. The van der Waals surface area contributed by atoms with Crippen molar-refractivity contribution >= 4 is 34.1 Å². The van der Waals surface area contributed by atoms with Gasteiger partial charge in [-0.15, -0.1) is 0 Å². The van der Waals surface area contributed by atoms with Crippen LogP contribution in [0, 0.1) is 17.2 Å². The van der Waals surface area contributed by atoms with E-state index < -0.39 is 17.9 Å². The van der Waals surface area contributed by atoms with Crippen LogP contribution in [0.3, 0.4) is 0 Å². The van der Waals surface area contributed by atoms with E-state index in [9.17, 15) is 9.59 Å². The Morgan fingerprint density at radius 3 is 2.40 bits per heavy atom. The minimum Gasteiger partial charge on any atom is -1.00 e. The van der Waals surface area contributed by atoms with Crippen LogP contribution in [0.1, 0.15) is 21.7 Å². The molecule has 0 saturated carbocycles. The van der Waals surface area contributed by atoms with Gasteiger partial charge >= 0.3 is 41.5 Å². The van der Waals surface area contributed by atoms with Crippen LogP contribution in [0.15, 0.2) is 0 Å². The average molecular weight is 288 g/mol. The zero-order valence-corrected chi connectivity index (χ0v) is 12.8. The van der Waals surface area contributed by atoms with Gasteiger partial charge in [0.1, 0.15) is 0 Å². The quantitative estimate of drug-likeness (QED) is 0.229. The smallest absolute Gasteiger partial charge is 1.00 e. The number of carbonyl (C=O) groups is 2. The van der Waals surface area contributed by atoms with Gasteiger partial charge in [-0.1, -0.05) is 29.8 Å². The van der Waals surface area contributed by atoms with Crippen LogP contribution in [-0.4, -0.2) is 23.5 Å². The number of nitrogens with one attached hydrogen (secondary N) is 1. The monoisotopic (exact) mass is 287 g/mol. The summed E-state index contributed by atoms with van der Waals surface area (Å²) in [7, 11) is 0. The molecule has 4 nitrogen and oxygen atoms in total. The van der Waals surface area contributed by atoms with Crippen LogP contribution in [0.25, 0.3) is 0 Å². The van der Waals surface area contributed by atoms with Crippen LogP contribution in [-0.2, 0) is 14.3 Å². The summed E-state index contributed by atoms with van der Waals surface area (Å²) in [6.45, 7) is 3.42. The largest absolute Gasteiger partial charge is 1.00 e. The van der Waals surface area contributed by atoms with E-state index in [2.05, 4.69) is 20.7 Å². The Bertz CT molecular complexity index is 241. The fraction of sp³-hybridized carbons (Fsp3) is 0.667. The molecule has 0 radical (unpaired) electrons. The van der Waals surface area contributed by atoms with E-state index in [0.717, 1.165) is 6.21 Å². The predicted octanol–water partition coefficient (Wildman–Crippen LogP) is -1.12. The van der Waals surface area contributed by atoms with Crippen molar-refractivity contribution in [3.05, 3.63) is 0 Å². The Hall–Kier alpha value is 0.290. The van der Waals surface area contributed by atoms with Crippen LogP contribution in [0.5, 0.6) is 0 Å². The third-order valence-electron chi connectivity index (χ3n) is 1.78. The van der Waals surface area contributed by atoms with Gasteiger partial charge in [-0.2, -0.15) is 0 Å². The van der Waals surface area contributed by atoms with Gasteiger partial charge in [0.15, 0.2) is 0 Å². The van der Waals surface area contributed by atoms with Gasteiger partial charge < -0.3 is 11.6 Å². The summed E-state index contributed by atoms with van der Waals surface area (Å²) in [5.74, 6) is -2.14. The Balaban J connectivity index is -0.000000845. The maximum Gasteiger partial charge on any atom is 1.00 e. The zero-order valence-electron chi connectivity index (χ0n) is 10.2. The molecule has 0 spiro atoms. The first-order chi connectivity index (χ1) is 6.56. The first-order valence-corrected chi connectivity index (χ1v) is 5.51. The maximum atomic E-state index is 11.2. The fourth-order valence-electron chi connectivity index (χ4n) is 0.691. The molecule has 1 N–H and O–H groups in total. The molecule has 82 valence electrons. The topological polar surface area (TPSA) is 67.2 Å². The van der Waals surface area contributed by atoms with Crippen LogP contribution >= 0.6 is 15.9 Å². The average Bonchev–Trinajstić information content (AvgIpc) is 2.18. The summed E-state index contributed by atoms with van der Waals surface area (Å²) in [5, 5.41) is 7.40. The number of carbonyl (C=O) groups excluding carboxylic acids is 2. The van der Waals surface area contributed by atoms with Gasteiger partial charge in [0.2, 0.25) is 0 Å². The first kappa shape index (κ1) is 17.7. The van der Waals surface area contributed by atoms with Crippen molar-refractivity contribution in [2.24, 2.45) is 11.8 Å². The predicted molar refractivity (Wildman–Crippen MR) is 57.7 cm³/mol. The second kappa shape index (κ2) is 9.51. The summed E-state index contributed by atoms with van der Waals surface area (Å²) >= 11 is 3.12. The van der Waals surface area contributed by atoms with E-state index in [1.807, 2.05) is 0 Å². The van der Waals surface area contributed by atoms with E-state index in [1.54, 1.807) is 13.8 Å². The zero-order chi connectivity index (χ0) is 11.1. The van der Waals surface area contributed by atoms with Gasteiger partial charge in [-0.3, -0.25) is 9.59 Å². The van der Waals surface area contributed by atoms with E-state index in [-0.39, 0.29) is 36.9 Å². The van der Waals surface area contributed by atoms with E-state index in [1.165, 1.54) is 0 Å². The maximum absolute atomic E-state index is 11.2. The summed E-state index contributed by atoms with van der Waals surface area (Å²) in [5.41, 5.74) is 0. The molecule has 0 aromatic carbocycles. The van der Waals surface area contributed by atoms with Gasteiger partial charge in [0.25, 0.3) is 0 Å². The summed E-state index contributed by atoms with van der Waals surface area (Å²) in [4.78, 5) is 22.4. The van der Waals surface area contributed by atoms with Gasteiger partial charge in [-0.05, 0) is 6.42 Å². The summed E-state index contributed by atoms with van der Waals surface area (Å²) in [6, 6.07) is 0. The molecule has 0 aliphatic rings. The van der Waals surface area contributed by atoms with Crippen LogP contribution < -0.4 is 29.6 Å².